The highest BCUT2D eigenvalue weighted by atomic mass is 16.6. The topological polar surface area (TPSA) is 182 Å². The standard InChI is InChI=1S/C60H84N6O11/c1-56(2,3)49-37-61(28-29-64(49)53(70)71)42-22-23-47-48(34-42)66(44-21-17-19-39(31-44)33-46(51(68)75-58(7,8)9)41-25-27-63(36-41)55(73)77-60(13,14)15)52(69)65(47)43-20-16-18-38(30-43)32-45(50(67)74-57(4,5)6)40-24-26-62(35-40)54(72)76-59(10,11)12/h16-23,30-31,34,40-41,45-46,49H,24-29,32-33,35-37H2,1-15H3,(H,70,71)/t40-,41-,45-,46-,49?/m0/s1. The number of imidazole rings is 1. The SMILES string of the molecule is CC(C)(C)OC(=O)[C@@H](Cc1cccc(-n2c(=O)n(-c3cccc(C[C@H](C(=O)OC(C)(C)C)[C@H]4CCN(C(=O)OC(C)(C)C)C4)c3)c3cc(N4CCN(C(=O)O)C(C(C)(C)C)C4)ccc32)c1)[C@H]1CCN(C(=O)OC(C)(C)C)C1. The number of anilines is 1. The van der Waals surface area contributed by atoms with Crippen LogP contribution in [0.1, 0.15) is 128 Å². The maximum Gasteiger partial charge on any atom is 0.410 e. The van der Waals surface area contributed by atoms with Crippen LogP contribution in [0.25, 0.3) is 22.4 Å². The minimum atomic E-state index is -0.960. The number of hydrogen-bond donors (Lipinski definition) is 1. The van der Waals surface area contributed by atoms with Gasteiger partial charge in [0.05, 0.1) is 40.3 Å². The molecule has 77 heavy (non-hydrogen) atoms. The average Bonchev–Trinajstić information content (AvgIpc) is 4.06. The first-order chi connectivity index (χ1) is 35.6. The van der Waals surface area contributed by atoms with Crippen LogP contribution in [0.3, 0.4) is 0 Å². The van der Waals surface area contributed by atoms with E-state index in [4.69, 9.17) is 18.9 Å². The number of nitrogens with zero attached hydrogens (tertiary/aromatic N) is 6. The van der Waals surface area contributed by atoms with Gasteiger partial charge in [0.25, 0.3) is 0 Å². The van der Waals surface area contributed by atoms with E-state index in [0.29, 0.717) is 87.5 Å². The van der Waals surface area contributed by atoms with Crippen LogP contribution in [0.15, 0.2) is 71.5 Å². The lowest BCUT2D eigenvalue weighted by molar-refractivity contribution is -0.163. The second kappa shape index (κ2) is 22.1. The van der Waals surface area contributed by atoms with E-state index in [1.54, 1.807) is 18.9 Å². The number of piperazine rings is 1. The van der Waals surface area contributed by atoms with Crippen molar-refractivity contribution in [1.29, 1.82) is 0 Å². The highest BCUT2D eigenvalue weighted by Gasteiger charge is 2.42. The Labute approximate surface area is 454 Å². The van der Waals surface area contributed by atoms with Crippen molar-refractivity contribution in [2.75, 3.05) is 50.7 Å². The van der Waals surface area contributed by atoms with Crippen molar-refractivity contribution in [1.82, 2.24) is 23.8 Å². The lowest BCUT2D eigenvalue weighted by atomic mass is 9.84. The zero-order valence-corrected chi connectivity index (χ0v) is 48.2. The van der Waals surface area contributed by atoms with Crippen molar-refractivity contribution in [2.24, 2.45) is 29.1 Å². The van der Waals surface area contributed by atoms with Crippen LogP contribution in [0.5, 0.6) is 0 Å². The third kappa shape index (κ3) is 14.5. The summed E-state index contributed by atoms with van der Waals surface area (Å²) >= 11 is 0. The van der Waals surface area contributed by atoms with Gasteiger partial charge in [0.2, 0.25) is 0 Å². The highest BCUT2D eigenvalue weighted by Crippen LogP contribution is 2.36. The van der Waals surface area contributed by atoms with Gasteiger partial charge in [-0.05, 0) is 180 Å². The van der Waals surface area contributed by atoms with Crippen LogP contribution in [-0.2, 0) is 41.4 Å². The number of carboxylic acid groups (broad SMARTS) is 1. The molecule has 0 spiro atoms. The van der Waals surface area contributed by atoms with Gasteiger partial charge in [-0.1, -0.05) is 45.0 Å². The summed E-state index contributed by atoms with van der Waals surface area (Å²) in [6.45, 7) is 30.8. The van der Waals surface area contributed by atoms with Gasteiger partial charge in [-0.3, -0.25) is 18.7 Å². The molecule has 0 bridgehead atoms. The van der Waals surface area contributed by atoms with Gasteiger partial charge in [0.15, 0.2) is 0 Å². The fourth-order valence-electron chi connectivity index (χ4n) is 10.9. The molecule has 4 heterocycles. The minimum Gasteiger partial charge on any atom is -0.465 e. The summed E-state index contributed by atoms with van der Waals surface area (Å²) in [6, 6.07) is 20.8. The van der Waals surface area contributed by atoms with Gasteiger partial charge in [0, 0.05) is 51.5 Å². The number of likely N-dealkylation sites (tertiary alicyclic amines) is 2. The smallest absolute Gasteiger partial charge is 0.410 e. The summed E-state index contributed by atoms with van der Waals surface area (Å²) in [5.41, 5.74) is 1.22. The predicted molar refractivity (Wildman–Crippen MR) is 297 cm³/mol. The molecule has 4 aromatic rings. The molecule has 0 radical (unpaired) electrons. The summed E-state index contributed by atoms with van der Waals surface area (Å²) in [4.78, 5) is 89.7. The predicted octanol–water partition coefficient (Wildman–Crippen LogP) is 10.5. The molecule has 1 N–H and O–H groups in total. The number of ether oxygens (including phenoxy) is 4. The minimum absolute atomic E-state index is 0.209. The molecule has 17 heteroatoms. The molecular formula is C60H84N6O11. The van der Waals surface area contributed by atoms with Crippen molar-refractivity contribution in [3.05, 3.63) is 88.3 Å². The number of benzene rings is 3. The largest absolute Gasteiger partial charge is 0.465 e. The Kier molecular flexibility index (Phi) is 16.7. The normalized spacial score (nSPS) is 19.5. The Morgan fingerprint density at radius 1 is 0.532 bits per heavy atom. The molecule has 3 saturated heterocycles. The number of hydrogen-bond acceptors (Lipinski definition) is 11. The second-order valence-corrected chi connectivity index (χ2v) is 26.4. The Bertz CT molecular complexity index is 2890. The van der Waals surface area contributed by atoms with E-state index < -0.39 is 52.5 Å². The van der Waals surface area contributed by atoms with Gasteiger partial charge in [-0.25, -0.2) is 19.2 Å². The summed E-state index contributed by atoms with van der Waals surface area (Å²) in [5.74, 6) is -2.37. The van der Waals surface area contributed by atoms with E-state index in [1.807, 2.05) is 171 Å². The second-order valence-electron chi connectivity index (χ2n) is 26.4. The number of esters is 2. The molecule has 3 aromatic carbocycles. The van der Waals surface area contributed by atoms with E-state index in [-0.39, 0.29) is 47.3 Å². The van der Waals surface area contributed by atoms with Gasteiger partial charge in [-0.2, -0.15) is 0 Å². The van der Waals surface area contributed by atoms with E-state index >= 15 is 4.79 Å². The third-order valence-electron chi connectivity index (χ3n) is 14.4. The molecule has 420 valence electrons. The zero-order chi connectivity index (χ0) is 56.7. The molecule has 0 saturated carbocycles. The summed E-state index contributed by atoms with van der Waals surface area (Å²) < 4.78 is 26.8. The zero-order valence-electron chi connectivity index (χ0n) is 48.2. The number of carbonyl (C=O) groups is 5. The molecule has 3 amide bonds. The molecule has 1 unspecified atom stereocenters. The number of rotatable bonds is 11. The van der Waals surface area contributed by atoms with Crippen molar-refractivity contribution < 1.29 is 48.0 Å². The lowest BCUT2D eigenvalue weighted by Crippen LogP contribution is -2.59. The molecule has 0 aliphatic carbocycles. The molecular weight excluding hydrogens is 981 g/mol. The van der Waals surface area contributed by atoms with Crippen molar-refractivity contribution in [3.8, 4) is 11.4 Å². The number of amides is 3. The van der Waals surface area contributed by atoms with Crippen LogP contribution in [0.4, 0.5) is 20.1 Å². The number of aromatic nitrogens is 2. The highest BCUT2D eigenvalue weighted by molar-refractivity contribution is 5.84. The quantitative estimate of drug-likeness (QED) is 0.111. The monoisotopic (exact) mass is 1060 g/mol. The first-order valence-corrected chi connectivity index (χ1v) is 27.3. The molecule has 1 aromatic heterocycles. The van der Waals surface area contributed by atoms with Gasteiger partial charge < -0.3 is 43.7 Å². The van der Waals surface area contributed by atoms with Crippen LogP contribution in [0, 0.1) is 29.1 Å². The molecule has 3 aliphatic heterocycles. The van der Waals surface area contributed by atoms with Crippen molar-refractivity contribution >= 4 is 46.9 Å². The maximum atomic E-state index is 15.5. The van der Waals surface area contributed by atoms with Crippen molar-refractivity contribution in [3.63, 3.8) is 0 Å². The molecule has 3 fully saturated rings. The van der Waals surface area contributed by atoms with Crippen LogP contribution >= 0.6 is 0 Å². The van der Waals surface area contributed by atoms with Crippen molar-refractivity contribution in [2.45, 2.75) is 158 Å². The van der Waals surface area contributed by atoms with E-state index in [9.17, 15) is 29.1 Å². The Balaban J connectivity index is 1.30. The van der Waals surface area contributed by atoms with Gasteiger partial charge >= 0.3 is 35.9 Å². The average molecular weight is 1070 g/mol. The van der Waals surface area contributed by atoms with E-state index in [0.717, 1.165) is 16.8 Å². The van der Waals surface area contributed by atoms with Gasteiger partial charge in [-0.15, -0.1) is 0 Å². The van der Waals surface area contributed by atoms with Crippen LogP contribution < -0.4 is 10.6 Å². The summed E-state index contributed by atoms with van der Waals surface area (Å²) in [7, 11) is 0. The summed E-state index contributed by atoms with van der Waals surface area (Å²) in [5, 5.41) is 10.2. The van der Waals surface area contributed by atoms with E-state index in [2.05, 4.69) is 4.90 Å². The molecule has 5 atom stereocenters. The Morgan fingerprint density at radius 2 is 0.974 bits per heavy atom. The van der Waals surface area contributed by atoms with Gasteiger partial charge in [0.1, 0.15) is 22.4 Å². The number of fused-ring (bicyclic) bond motifs is 1. The maximum absolute atomic E-state index is 15.5. The van der Waals surface area contributed by atoms with Crippen LogP contribution in [-0.4, -0.2) is 133 Å². The molecule has 7 rings (SSSR count). The lowest BCUT2D eigenvalue weighted by Gasteiger charge is -2.46. The summed E-state index contributed by atoms with van der Waals surface area (Å²) in [6.07, 6.45) is -0.0597. The first kappa shape index (κ1) is 58.2. The fourth-order valence-corrected chi connectivity index (χ4v) is 10.9. The van der Waals surface area contributed by atoms with Crippen LogP contribution in [0.2, 0.25) is 0 Å². The fraction of sp³-hybridized carbons (Fsp3) is 0.600. The number of carbonyl (C=O) groups excluding carboxylic acids is 4. The first-order valence-electron chi connectivity index (χ1n) is 27.3. The Hall–Kier alpha value is -6.52. The Morgan fingerprint density at radius 3 is 1.39 bits per heavy atom. The van der Waals surface area contributed by atoms with E-state index in [1.165, 1.54) is 4.90 Å². The third-order valence-corrected chi connectivity index (χ3v) is 14.4. The molecule has 3 aliphatic rings. The molecule has 17 nitrogen and oxygen atoms in total.